The molecule has 112 heavy (non-hydrogen) atoms. The van der Waals surface area contributed by atoms with Crippen LogP contribution in [0.15, 0.2) is 212 Å². The Hall–Kier alpha value is -7.28. The van der Waals surface area contributed by atoms with Crippen molar-refractivity contribution in [3.63, 3.8) is 0 Å². The summed E-state index contributed by atoms with van der Waals surface area (Å²) in [6.07, 6.45) is -14.7. The van der Waals surface area contributed by atoms with Crippen LogP contribution >= 0.6 is 11.6 Å². The standard InChI is InChI=1S/C12H16F2.C11H13ClF3N.C11H13F4N.C11H14F3N.3C11H16FN.C11H17N/c1-9(2)8-11(12(13)14)10-6-4-3-5-7-10;2*1-7(2)16-10(11(13,14)15)8-3-5-9(12)6-4-8;1-8(2)15-10(11(12,13)14)9-6-4-3-5-7-9;1-8(2)13-9(3)10-4-6-11(12)7-5-10;2*1-8(2)13-9(3)10-6-4-5-7-11(10)12;1-9(2)12-10(3)11-7-5-4-6-8-11/h3-7,9,11-12H,8H2,1-2H3;2*3-7,10,16H,1-2H3;3-8,10,15H,1-2H3;3*4-9,13H,1-3H3;4-10,12H,1-3H3/t11-;3*10-;3*9-;10-/m10101101/s1. The number of rotatable bonds is 25. The highest BCUT2D eigenvalue weighted by Crippen LogP contribution is 2.36. The molecule has 624 valence electrons. The van der Waals surface area contributed by atoms with Crippen LogP contribution in [0.2, 0.25) is 5.02 Å². The molecule has 0 saturated carbocycles. The lowest BCUT2D eigenvalue weighted by Gasteiger charge is -2.24. The fourth-order valence-electron chi connectivity index (χ4n) is 11.2. The van der Waals surface area contributed by atoms with E-state index in [9.17, 15) is 65.9 Å². The van der Waals surface area contributed by atoms with Gasteiger partial charge in [-0.3, -0.25) is 0 Å². The van der Waals surface area contributed by atoms with Gasteiger partial charge in [0.25, 0.3) is 0 Å². The van der Waals surface area contributed by atoms with Crippen molar-refractivity contribution in [1.29, 1.82) is 0 Å². The van der Waals surface area contributed by atoms with E-state index < -0.39 is 54.8 Å². The molecule has 0 amide bonds. The maximum Gasteiger partial charge on any atom is 0.407 e. The third kappa shape index (κ3) is 44.4. The number of alkyl halides is 11. The Bertz CT molecular complexity index is 3550. The van der Waals surface area contributed by atoms with E-state index in [1.54, 1.807) is 84.0 Å². The molecule has 0 bridgehead atoms. The first kappa shape index (κ1) is 103. The van der Waals surface area contributed by atoms with Crippen molar-refractivity contribution in [3.05, 3.63) is 285 Å². The average Bonchev–Trinajstić information content (AvgIpc) is 0.835. The maximum atomic E-state index is 13.3. The molecule has 0 saturated heterocycles. The molecule has 0 heterocycles. The van der Waals surface area contributed by atoms with Crippen LogP contribution in [-0.2, 0) is 0 Å². The first-order chi connectivity index (χ1) is 52.1. The van der Waals surface area contributed by atoms with E-state index in [1.807, 2.05) is 88.4 Å². The molecule has 8 rings (SSSR count). The van der Waals surface area contributed by atoms with Crippen molar-refractivity contribution in [2.45, 2.75) is 260 Å². The van der Waals surface area contributed by atoms with Gasteiger partial charge in [-0.2, -0.15) is 39.5 Å². The number of hydrogen-bond acceptors (Lipinski definition) is 7. The first-order valence-electron chi connectivity index (χ1n) is 37.8. The van der Waals surface area contributed by atoms with Crippen molar-refractivity contribution in [2.75, 3.05) is 0 Å². The lowest BCUT2D eigenvalue weighted by Crippen LogP contribution is -2.38. The van der Waals surface area contributed by atoms with Crippen LogP contribution in [0.25, 0.3) is 0 Å². The third-order valence-corrected chi connectivity index (χ3v) is 16.3. The van der Waals surface area contributed by atoms with Crippen LogP contribution in [0.5, 0.6) is 0 Å². The molecule has 8 atom stereocenters. The summed E-state index contributed by atoms with van der Waals surface area (Å²) in [7, 11) is 0. The molecule has 8 aromatic carbocycles. The minimum atomic E-state index is -4.39. The highest BCUT2D eigenvalue weighted by molar-refractivity contribution is 6.30. The highest BCUT2D eigenvalue weighted by atomic mass is 35.5. The van der Waals surface area contributed by atoms with E-state index in [1.165, 1.54) is 66.2 Å². The normalized spacial score (nSPS) is 13.7. The molecule has 7 N–H and O–H groups in total. The van der Waals surface area contributed by atoms with Gasteiger partial charge < -0.3 is 37.2 Å². The van der Waals surface area contributed by atoms with Crippen molar-refractivity contribution in [3.8, 4) is 0 Å². The average molecular weight is 1610 g/mol. The number of halogens is 16. The van der Waals surface area contributed by atoms with E-state index in [4.69, 9.17) is 11.6 Å². The van der Waals surface area contributed by atoms with Gasteiger partial charge in [-0.05, 0) is 122 Å². The van der Waals surface area contributed by atoms with E-state index in [0.717, 1.165) is 46.5 Å². The summed E-state index contributed by atoms with van der Waals surface area (Å²) in [4.78, 5) is 0. The molecule has 0 spiro atoms. The second-order valence-electron chi connectivity index (χ2n) is 29.6. The van der Waals surface area contributed by atoms with E-state index >= 15 is 0 Å². The number of benzene rings is 8. The summed E-state index contributed by atoms with van der Waals surface area (Å²) in [5.74, 6) is -1.31. The fraction of sp³-hybridized carbons (Fsp3) is 0.461. The zero-order valence-electron chi connectivity index (χ0n) is 68.3. The summed E-state index contributed by atoms with van der Waals surface area (Å²) < 4.78 is 192. The summed E-state index contributed by atoms with van der Waals surface area (Å²) >= 11 is 5.63. The lowest BCUT2D eigenvalue weighted by molar-refractivity contribution is -0.159. The second kappa shape index (κ2) is 53.0. The van der Waals surface area contributed by atoms with Crippen LogP contribution in [0, 0.1) is 29.2 Å². The van der Waals surface area contributed by atoms with Crippen LogP contribution < -0.4 is 37.2 Å². The summed E-state index contributed by atoms with van der Waals surface area (Å²) in [5, 5.41) is 21.2. The minimum Gasteiger partial charge on any atom is -0.308 e. The molecule has 0 aliphatic rings. The topological polar surface area (TPSA) is 84.2 Å². The van der Waals surface area contributed by atoms with Gasteiger partial charge in [0, 0.05) is 88.5 Å². The summed E-state index contributed by atoms with van der Waals surface area (Å²) in [5.41, 5.74) is 5.12. The molecule has 8 aromatic rings. The second-order valence-corrected chi connectivity index (χ2v) is 30.0. The molecule has 23 heteroatoms. The van der Waals surface area contributed by atoms with Crippen LogP contribution in [0.4, 0.5) is 65.9 Å². The van der Waals surface area contributed by atoms with E-state index in [0.29, 0.717) is 47.6 Å². The highest BCUT2D eigenvalue weighted by Gasteiger charge is 2.43. The summed E-state index contributed by atoms with van der Waals surface area (Å²) in [6, 6.07) is 54.6. The van der Waals surface area contributed by atoms with Gasteiger partial charge >= 0.3 is 18.5 Å². The van der Waals surface area contributed by atoms with E-state index in [-0.39, 0.29) is 70.4 Å². The molecule has 0 aromatic heterocycles. The van der Waals surface area contributed by atoms with Gasteiger partial charge in [0.15, 0.2) is 0 Å². The Labute approximate surface area is 662 Å². The SMILES string of the molecule is CC(C)C[C@H](c1ccccc1)C(F)F.CC(C)N[C@@H](C)c1ccccc1F.CC(C)N[C@@H](c1ccc(Cl)cc1)C(F)(F)F.CC(C)N[C@@H](c1ccccc1)C(F)(F)F.CC(C)N[C@H](C)c1ccc(F)cc1.CC(C)N[C@H](C)c1ccccc1.CC(C)N[C@H](C)c1ccccc1F.CC(C)N[C@H](c1ccc(F)cc1)C(F)(F)F. The zero-order chi connectivity index (χ0) is 85.2. The van der Waals surface area contributed by atoms with Crippen molar-refractivity contribution >= 4 is 11.6 Å². The molecular weight excluding hydrogens is 1490 g/mol. The molecule has 7 nitrogen and oxygen atoms in total. The van der Waals surface area contributed by atoms with Gasteiger partial charge in [-0.15, -0.1) is 0 Å². The number of nitrogens with one attached hydrogen (secondary N) is 7. The fourth-order valence-corrected chi connectivity index (χ4v) is 11.3. The Morgan fingerprint density at radius 2 is 0.500 bits per heavy atom. The lowest BCUT2D eigenvalue weighted by atomic mass is 9.91. The smallest absolute Gasteiger partial charge is 0.308 e. The molecule has 0 fully saturated rings. The van der Waals surface area contributed by atoms with Gasteiger partial charge in [-0.25, -0.2) is 26.3 Å². The predicted molar refractivity (Wildman–Crippen MR) is 433 cm³/mol. The van der Waals surface area contributed by atoms with Crippen molar-refractivity contribution in [2.24, 2.45) is 5.92 Å². The van der Waals surface area contributed by atoms with Crippen molar-refractivity contribution in [1.82, 2.24) is 37.2 Å². The molecule has 0 aliphatic carbocycles. The van der Waals surface area contributed by atoms with Crippen LogP contribution in [0.1, 0.15) is 238 Å². The van der Waals surface area contributed by atoms with Crippen LogP contribution in [0.3, 0.4) is 0 Å². The van der Waals surface area contributed by atoms with Gasteiger partial charge in [-0.1, -0.05) is 286 Å². The Morgan fingerprint density at radius 1 is 0.268 bits per heavy atom. The van der Waals surface area contributed by atoms with Gasteiger partial charge in [0.1, 0.15) is 41.4 Å². The van der Waals surface area contributed by atoms with Gasteiger partial charge in [0.05, 0.1) is 0 Å². The first-order valence-corrected chi connectivity index (χ1v) is 38.2. The molecule has 0 unspecified atom stereocenters. The molecule has 0 radical (unpaired) electrons. The molecular formula is C89H121ClF15N7. The monoisotopic (exact) mass is 1610 g/mol. The van der Waals surface area contributed by atoms with E-state index in [2.05, 4.69) is 131 Å². The molecule has 0 aliphatic heterocycles. The Kier molecular flexibility index (Phi) is 48.6. The summed E-state index contributed by atoms with van der Waals surface area (Å²) in [6.45, 7) is 38.9. The maximum absolute atomic E-state index is 13.3. The third-order valence-electron chi connectivity index (χ3n) is 16.0. The predicted octanol–water partition coefficient (Wildman–Crippen LogP) is 26.1. The number of hydrogen-bond donors (Lipinski definition) is 7. The van der Waals surface area contributed by atoms with Crippen LogP contribution in [-0.4, -0.2) is 67.2 Å². The Balaban J connectivity index is 0.000000641. The Morgan fingerprint density at radius 3 is 0.768 bits per heavy atom. The quantitative estimate of drug-likeness (QED) is 0.0287. The largest absolute Gasteiger partial charge is 0.407 e. The van der Waals surface area contributed by atoms with Gasteiger partial charge in [0.2, 0.25) is 6.43 Å². The van der Waals surface area contributed by atoms with Crippen molar-refractivity contribution < 1.29 is 65.9 Å². The minimum absolute atomic E-state index is 0.0163. The zero-order valence-corrected chi connectivity index (χ0v) is 69.0.